The fourth-order valence-electron chi connectivity index (χ4n) is 2.52. The van der Waals surface area contributed by atoms with Gasteiger partial charge in [0.05, 0.1) is 0 Å². The number of aryl methyl sites for hydroxylation is 1. The van der Waals surface area contributed by atoms with Crippen molar-refractivity contribution in [2.24, 2.45) is 0 Å². The average Bonchev–Trinajstić information content (AvgIpc) is 2.48. The topological polar surface area (TPSA) is 24.5 Å². The van der Waals surface area contributed by atoms with Gasteiger partial charge in [0.25, 0.3) is 0 Å². The van der Waals surface area contributed by atoms with Gasteiger partial charge in [-0.25, -0.2) is 0 Å². The molecule has 1 aliphatic heterocycles. The van der Waals surface area contributed by atoms with Crippen LogP contribution >= 0.6 is 0 Å². The van der Waals surface area contributed by atoms with Crippen LogP contribution in [0.1, 0.15) is 17.5 Å². The Balaban J connectivity index is 1.71. The Hall–Kier alpha value is -0.900. The Kier molecular flexibility index (Phi) is 6.34. The van der Waals surface area contributed by atoms with E-state index in [4.69, 9.17) is 4.74 Å². The Morgan fingerprint density at radius 3 is 2.32 bits per heavy atom. The highest BCUT2D eigenvalue weighted by Crippen LogP contribution is 2.08. The highest BCUT2D eigenvalue weighted by atomic mass is 16.5. The molecule has 1 fully saturated rings. The number of hydrogen-bond donors (Lipinski definition) is 1. The molecule has 0 bridgehead atoms. The molecule has 3 nitrogen and oxygen atoms in total. The highest BCUT2D eigenvalue weighted by molar-refractivity contribution is 5.22. The molecule has 1 heterocycles. The molecule has 19 heavy (non-hydrogen) atoms. The van der Waals surface area contributed by atoms with E-state index in [-0.39, 0.29) is 0 Å². The molecule has 1 N–H and O–H groups in total. The van der Waals surface area contributed by atoms with Crippen molar-refractivity contribution < 1.29 is 4.74 Å². The molecule has 0 saturated carbocycles. The summed E-state index contributed by atoms with van der Waals surface area (Å²) in [6, 6.07) is 9.10. The lowest BCUT2D eigenvalue weighted by molar-refractivity contribution is 0.195. The second-order valence-electron chi connectivity index (χ2n) is 5.25. The second kappa shape index (κ2) is 8.31. The number of rotatable bonds is 7. The van der Waals surface area contributed by atoms with E-state index < -0.39 is 0 Å². The number of nitrogens with zero attached hydrogens (tertiary/aromatic N) is 1. The van der Waals surface area contributed by atoms with Crippen molar-refractivity contribution in [1.82, 2.24) is 10.2 Å². The SMILES string of the molecule is COCCCc1ccc(CCN2CCNCC2)cc1. The Bertz CT molecular complexity index is 344. The smallest absolute Gasteiger partial charge is 0.0465 e. The van der Waals surface area contributed by atoms with Crippen LogP contribution in [0.25, 0.3) is 0 Å². The van der Waals surface area contributed by atoms with Crippen LogP contribution in [0, 0.1) is 0 Å². The largest absolute Gasteiger partial charge is 0.385 e. The van der Waals surface area contributed by atoms with Crippen molar-refractivity contribution in [3.8, 4) is 0 Å². The zero-order chi connectivity index (χ0) is 13.3. The molecule has 0 aromatic heterocycles. The van der Waals surface area contributed by atoms with E-state index in [0.29, 0.717) is 0 Å². The minimum absolute atomic E-state index is 0.852. The summed E-state index contributed by atoms with van der Waals surface area (Å²) in [6.45, 7) is 6.69. The molecular formula is C16H26N2O. The molecule has 1 aliphatic rings. The van der Waals surface area contributed by atoms with Gasteiger partial charge in [0, 0.05) is 46.4 Å². The molecular weight excluding hydrogens is 236 g/mol. The fourth-order valence-corrected chi connectivity index (χ4v) is 2.52. The van der Waals surface area contributed by atoms with Crippen LogP contribution in [0.2, 0.25) is 0 Å². The highest BCUT2D eigenvalue weighted by Gasteiger charge is 2.08. The maximum Gasteiger partial charge on any atom is 0.0465 e. The predicted molar refractivity (Wildman–Crippen MR) is 79.7 cm³/mol. The first-order valence-electron chi connectivity index (χ1n) is 7.38. The first kappa shape index (κ1) is 14.5. The minimum atomic E-state index is 0.852. The third kappa shape index (κ3) is 5.31. The Labute approximate surface area is 116 Å². The molecule has 2 rings (SSSR count). The van der Waals surface area contributed by atoms with Crippen LogP contribution in [0.15, 0.2) is 24.3 Å². The van der Waals surface area contributed by atoms with E-state index in [9.17, 15) is 0 Å². The van der Waals surface area contributed by atoms with Crippen LogP contribution in [0.3, 0.4) is 0 Å². The van der Waals surface area contributed by atoms with E-state index in [2.05, 4.69) is 34.5 Å². The third-order valence-electron chi connectivity index (χ3n) is 3.76. The molecule has 0 atom stereocenters. The Morgan fingerprint density at radius 2 is 1.68 bits per heavy atom. The van der Waals surface area contributed by atoms with E-state index in [0.717, 1.165) is 32.5 Å². The van der Waals surface area contributed by atoms with Crippen LogP contribution in [0.4, 0.5) is 0 Å². The van der Waals surface area contributed by atoms with Crippen molar-refractivity contribution in [2.45, 2.75) is 19.3 Å². The van der Waals surface area contributed by atoms with Crippen LogP contribution in [-0.2, 0) is 17.6 Å². The lowest BCUT2D eigenvalue weighted by Crippen LogP contribution is -2.44. The zero-order valence-corrected chi connectivity index (χ0v) is 12.0. The zero-order valence-electron chi connectivity index (χ0n) is 12.0. The lowest BCUT2D eigenvalue weighted by atomic mass is 10.1. The third-order valence-corrected chi connectivity index (χ3v) is 3.76. The summed E-state index contributed by atoms with van der Waals surface area (Å²) < 4.78 is 5.08. The first-order chi connectivity index (χ1) is 9.38. The molecule has 0 radical (unpaired) electrons. The van der Waals surface area contributed by atoms with E-state index in [1.165, 1.54) is 37.2 Å². The summed E-state index contributed by atoms with van der Waals surface area (Å²) in [4.78, 5) is 2.54. The van der Waals surface area contributed by atoms with Crippen molar-refractivity contribution in [1.29, 1.82) is 0 Å². The predicted octanol–water partition coefficient (Wildman–Crippen LogP) is 1.71. The molecule has 1 saturated heterocycles. The van der Waals surface area contributed by atoms with Gasteiger partial charge in [-0.2, -0.15) is 0 Å². The summed E-state index contributed by atoms with van der Waals surface area (Å²) >= 11 is 0. The van der Waals surface area contributed by atoms with Crippen molar-refractivity contribution in [2.75, 3.05) is 46.4 Å². The second-order valence-corrected chi connectivity index (χ2v) is 5.25. The lowest BCUT2D eigenvalue weighted by Gasteiger charge is -2.27. The number of ether oxygens (including phenoxy) is 1. The van der Waals surface area contributed by atoms with Crippen LogP contribution in [-0.4, -0.2) is 51.3 Å². The van der Waals surface area contributed by atoms with Crippen LogP contribution < -0.4 is 5.32 Å². The summed E-state index contributed by atoms with van der Waals surface area (Å²) in [5.41, 5.74) is 2.87. The quantitative estimate of drug-likeness (QED) is 0.757. The number of piperazine rings is 1. The maximum absolute atomic E-state index is 5.08. The average molecular weight is 262 g/mol. The van der Waals surface area contributed by atoms with Crippen LogP contribution in [0.5, 0.6) is 0 Å². The van der Waals surface area contributed by atoms with E-state index in [1.54, 1.807) is 7.11 Å². The molecule has 1 aromatic rings. The summed E-state index contributed by atoms with van der Waals surface area (Å²) in [7, 11) is 1.76. The summed E-state index contributed by atoms with van der Waals surface area (Å²) in [5.74, 6) is 0. The van der Waals surface area contributed by atoms with Gasteiger partial charge in [-0.15, -0.1) is 0 Å². The number of methoxy groups -OCH3 is 1. The van der Waals surface area contributed by atoms with Gasteiger partial charge in [0.15, 0.2) is 0 Å². The van der Waals surface area contributed by atoms with Gasteiger partial charge in [-0.1, -0.05) is 24.3 Å². The van der Waals surface area contributed by atoms with E-state index >= 15 is 0 Å². The van der Waals surface area contributed by atoms with Gasteiger partial charge < -0.3 is 15.0 Å². The van der Waals surface area contributed by atoms with Gasteiger partial charge >= 0.3 is 0 Å². The molecule has 3 heteroatoms. The first-order valence-corrected chi connectivity index (χ1v) is 7.38. The van der Waals surface area contributed by atoms with Gasteiger partial charge in [0.1, 0.15) is 0 Å². The van der Waals surface area contributed by atoms with Crippen molar-refractivity contribution >= 4 is 0 Å². The molecule has 106 valence electrons. The molecule has 0 amide bonds. The maximum atomic E-state index is 5.08. The molecule has 0 spiro atoms. The van der Waals surface area contributed by atoms with Gasteiger partial charge in [0.2, 0.25) is 0 Å². The summed E-state index contributed by atoms with van der Waals surface area (Å²) in [6.07, 6.45) is 3.39. The summed E-state index contributed by atoms with van der Waals surface area (Å²) in [5, 5.41) is 3.39. The van der Waals surface area contributed by atoms with Crippen molar-refractivity contribution in [3.63, 3.8) is 0 Å². The number of benzene rings is 1. The van der Waals surface area contributed by atoms with E-state index in [1.807, 2.05) is 0 Å². The standard InChI is InChI=1S/C16H26N2O/c1-19-14-2-3-15-4-6-16(7-5-15)8-11-18-12-9-17-10-13-18/h4-7,17H,2-3,8-14H2,1H3. The van der Waals surface area contributed by atoms with Gasteiger partial charge in [-0.05, 0) is 30.4 Å². The van der Waals surface area contributed by atoms with Gasteiger partial charge in [-0.3, -0.25) is 0 Å². The minimum Gasteiger partial charge on any atom is -0.385 e. The molecule has 0 aliphatic carbocycles. The fraction of sp³-hybridized carbons (Fsp3) is 0.625. The number of hydrogen-bond acceptors (Lipinski definition) is 3. The monoisotopic (exact) mass is 262 g/mol. The normalized spacial score (nSPS) is 16.7. The Morgan fingerprint density at radius 1 is 1.05 bits per heavy atom. The molecule has 1 aromatic carbocycles. The number of nitrogens with one attached hydrogen (secondary N) is 1. The van der Waals surface area contributed by atoms with Crippen molar-refractivity contribution in [3.05, 3.63) is 35.4 Å². The molecule has 0 unspecified atom stereocenters.